The molecule has 88 valence electrons. The average Bonchev–Trinajstić information content (AvgIpc) is 2.32. The van der Waals surface area contributed by atoms with Gasteiger partial charge >= 0.3 is 0 Å². The van der Waals surface area contributed by atoms with Gasteiger partial charge in [-0.05, 0) is 37.1 Å². The molecule has 0 saturated carbocycles. The molecule has 0 aliphatic rings. The minimum absolute atomic E-state index is 0.498. The summed E-state index contributed by atoms with van der Waals surface area (Å²) in [5.41, 5.74) is 1.85. The van der Waals surface area contributed by atoms with E-state index in [0.717, 1.165) is 16.9 Å². The van der Waals surface area contributed by atoms with Crippen molar-refractivity contribution in [3.8, 4) is 11.6 Å². The molecule has 1 atom stereocenters. The van der Waals surface area contributed by atoms with Crippen LogP contribution in [0.2, 0.25) is 0 Å². The number of benzene rings is 1. The second-order valence-electron chi connectivity index (χ2n) is 3.97. The number of hydrogen-bond donors (Lipinski definition) is 1. The Hall–Kier alpha value is -1.87. The molecule has 0 bridgehead atoms. The molecule has 0 amide bonds. The molecule has 3 nitrogen and oxygen atoms in total. The minimum Gasteiger partial charge on any atom is -0.439 e. The maximum atomic E-state index is 9.49. The monoisotopic (exact) mass is 229 g/mol. The van der Waals surface area contributed by atoms with E-state index in [1.165, 1.54) is 0 Å². The molecule has 3 heteroatoms. The predicted octanol–water partition coefficient (Wildman–Crippen LogP) is 3.24. The molecule has 0 radical (unpaired) electrons. The zero-order chi connectivity index (χ0) is 12.3. The van der Waals surface area contributed by atoms with Gasteiger partial charge in [0.05, 0.1) is 6.10 Å². The number of hydrogen-bond acceptors (Lipinski definition) is 3. The fourth-order valence-corrected chi connectivity index (χ4v) is 1.52. The molecule has 2 aromatic rings. The largest absolute Gasteiger partial charge is 0.439 e. The number of nitrogens with zero attached hydrogens (tertiary/aromatic N) is 1. The van der Waals surface area contributed by atoms with Crippen LogP contribution in [0.4, 0.5) is 0 Å². The Labute approximate surface area is 101 Å². The van der Waals surface area contributed by atoms with E-state index >= 15 is 0 Å². The van der Waals surface area contributed by atoms with Crippen molar-refractivity contribution in [2.45, 2.75) is 20.0 Å². The molecule has 1 aromatic carbocycles. The smallest absolute Gasteiger partial charge is 0.219 e. The third-order valence-corrected chi connectivity index (χ3v) is 2.55. The molecule has 1 N–H and O–H groups in total. The number of para-hydroxylation sites is 1. The summed E-state index contributed by atoms with van der Waals surface area (Å²) >= 11 is 0. The van der Waals surface area contributed by atoms with E-state index in [4.69, 9.17) is 4.74 Å². The number of pyridine rings is 1. The number of aryl methyl sites for hydroxylation is 1. The molecule has 0 aliphatic carbocycles. The molecule has 0 spiro atoms. The van der Waals surface area contributed by atoms with E-state index in [1.54, 1.807) is 25.3 Å². The normalized spacial score (nSPS) is 12.2. The zero-order valence-corrected chi connectivity index (χ0v) is 9.92. The highest BCUT2D eigenvalue weighted by atomic mass is 16.5. The summed E-state index contributed by atoms with van der Waals surface area (Å²) in [6.45, 7) is 3.70. The molecule has 0 saturated heterocycles. The highest BCUT2D eigenvalue weighted by Crippen LogP contribution is 2.24. The van der Waals surface area contributed by atoms with Crippen LogP contribution in [0.5, 0.6) is 11.6 Å². The van der Waals surface area contributed by atoms with Crippen molar-refractivity contribution >= 4 is 0 Å². The fraction of sp³-hybridized carbons (Fsp3) is 0.214. The highest BCUT2D eigenvalue weighted by Gasteiger charge is 2.05. The lowest BCUT2D eigenvalue weighted by molar-refractivity contribution is 0.198. The summed E-state index contributed by atoms with van der Waals surface area (Å²) in [4.78, 5) is 4.12. The van der Waals surface area contributed by atoms with Gasteiger partial charge in [-0.2, -0.15) is 0 Å². The van der Waals surface area contributed by atoms with Gasteiger partial charge in [0, 0.05) is 12.3 Å². The lowest BCUT2D eigenvalue weighted by Crippen LogP contribution is -1.94. The summed E-state index contributed by atoms with van der Waals surface area (Å²) in [6.07, 6.45) is 1.12. The Morgan fingerprint density at radius 3 is 2.71 bits per heavy atom. The van der Waals surface area contributed by atoms with E-state index in [1.807, 2.05) is 31.2 Å². The van der Waals surface area contributed by atoms with Gasteiger partial charge in [-0.15, -0.1) is 0 Å². The van der Waals surface area contributed by atoms with Gasteiger partial charge in [0.1, 0.15) is 5.75 Å². The van der Waals surface area contributed by atoms with E-state index in [0.29, 0.717) is 5.88 Å². The van der Waals surface area contributed by atoms with E-state index in [-0.39, 0.29) is 0 Å². The van der Waals surface area contributed by atoms with Crippen LogP contribution >= 0.6 is 0 Å². The Morgan fingerprint density at radius 1 is 1.24 bits per heavy atom. The van der Waals surface area contributed by atoms with E-state index < -0.39 is 6.10 Å². The standard InChI is InChI=1S/C14H15NO2/c1-10-5-3-4-6-13(10)17-14-9-12(11(2)16)7-8-15-14/h3-9,11,16H,1-2H3. The van der Waals surface area contributed by atoms with Crippen LogP contribution in [-0.2, 0) is 0 Å². The molecular formula is C14H15NO2. The van der Waals surface area contributed by atoms with Gasteiger partial charge < -0.3 is 9.84 Å². The second-order valence-corrected chi connectivity index (χ2v) is 3.97. The van der Waals surface area contributed by atoms with Crippen molar-refractivity contribution in [2.24, 2.45) is 0 Å². The van der Waals surface area contributed by atoms with Crippen LogP contribution in [0.15, 0.2) is 42.6 Å². The average molecular weight is 229 g/mol. The van der Waals surface area contributed by atoms with Crippen LogP contribution < -0.4 is 4.74 Å². The van der Waals surface area contributed by atoms with Crippen molar-refractivity contribution in [1.29, 1.82) is 0 Å². The van der Waals surface area contributed by atoms with Gasteiger partial charge in [0.25, 0.3) is 0 Å². The van der Waals surface area contributed by atoms with Crippen molar-refractivity contribution in [3.05, 3.63) is 53.7 Å². The first-order chi connectivity index (χ1) is 8.16. The van der Waals surface area contributed by atoms with Crippen LogP contribution in [0.3, 0.4) is 0 Å². The lowest BCUT2D eigenvalue weighted by Gasteiger charge is -2.09. The van der Waals surface area contributed by atoms with E-state index in [9.17, 15) is 5.11 Å². The molecular weight excluding hydrogens is 214 g/mol. The van der Waals surface area contributed by atoms with Crippen LogP contribution in [0, 0.1) is 6.92 Å². The SMILES string of the molecule is Cc1ccccc1Oc1cc(C(C)O)ccn1. The maximum absolute atomic E-state index is 9.49. The van der Waals surface area contributed by atoms with Crippen molar-refractivity contribution in [1.82, 2.24) is 4.98 Å². The molecule has 1 unspecified atom stereocenters. The van der Waals surface area contributed by atoms with Gasteiger partial charge in [0.15, 0.2) is 0 Å². The summed E-state index contributed by atoms with van der Waals surface area (Å²) in [5.74, 6) is 1.28. The summed E-state index contributed by atoms with van der Waals surface area (Å²) in [5, 5.41) is 9.49. The number of aliphatic hydroxyl groups excluding tert-OH is 1. The molecule has 17 heavy (non-hydrogen) atoms. The summed E-state index contributed by atoms with van der Waals surface area (Å²) < 4.78 is 5.68. The van der Waals surface area contributed by atoms with Crippen molar-refractivity contribution in [3.63, 3.8) is 0 Å². The lowest BCUT2D eigenvalue weighted by atomic mass is 10.2. The Kier molecular flexibility index (Phi) is 3.40. The Bertz CT molecular complexity index is 509. The first kappa shape index (κ1) is 11.6. The minimum atomic E-state index is -0.516. The van der Waals surface area contributed by atoms with E-state index in [2.05, 4.69) is 4.98 Å². The number of ether oxygens (including phenoxy) is 1. The predicted molar refractivity (Wildman–Crippen MR) is 66.1 cm³/mol. The fourth-order valence-electron chi connectivity index (χ4n) is 1.52. The van der Waals surface area contributed by atoms with Crippen LogP contribution in [-0.4, -0.2) is 10.1 Å². The van der Waals surface area contributed by atoms with Crippen LogP contribution in [0.25, 0.3) is 0 Å². The molecule has 1 heterocycles. The molecule has 2 rings (SSSR count). The zero-order valence-electron chi connectivity index (χ0n) is 9.92. The van der Waals surface area contributed by atoms with Crippen molar-refractivity contribution in [2.75, 3.05) is 0 Å². The Morgan fingerprint density at radius 2 is 2.00 bits per heavy atom. The first-order valence-electron chi connectivity index (χ1n) is 5.54. The number of aromatic nitrogens is 1. The first-order valence-corrected chi connectivity index (χ1v) is 5.54. The van der Waals surface area contributed by atoms with Crippen LogP contribution in [0.1, 0.15) is 24.2 Å². The quantitative estimate of drug-likeness (QED) is 0.878. The highest BCUT2D eigenvalue weighted by molar-refractivity contribution is 5.35. The number of aliphatic hydroxyl groups is 1. The molecule has 1 aromatic heterocycles. The topological polar surface area (TPSA) is 42.4 Å². The second kappa shape index (κ2) is 4.97. The van der Waals surface area contributed by atoms with Gasteiger partial charge in [-0.25, -0.2) is 4.98 Å². The van der Waals surface area contributed by atoms with Crippen molar-refractivity contribution < 1.29 is 9.84 Å². The van der Waals surface area contributed by atoms with Gasteiger partial charge in [-0.3, -0.25) is 0 Å². The molecule has 0 fully saturated rings. The maximum Gasteiger partial charge on any atom is 0.219 e. The third kappa shape index (κ3) is 2.82. The molecule has 0 aliphatic heterocycles. The Balaban J connectivity index is 2.25. The number of rotatable bonds is 3. The third-order valence-electron chi connectivity index (χ3n) is 2.55. The summed E-state index contributed by atoms with van der Waals surface area (Å²) in [6, 6.07) is 11.3. The summed E-state index contributed by atoms with van der Waals surface area (Å²) in [7, 11) is 0. The van der Waals surface area contributed by atoms with Gasteiger partial charge in [-0.1, -0.05) is 18.2 Å². The van der Waals surface area contributed by atoms with Gasteiger partial charge in [0.2, 0.25) is 5.88 Å².